The van der Waals surface area contributed by atoms with E-state index in [4.69, 9.17) is 11.6 Å². The first-order valence-corrected chi connectivity index (χ1v) is 12.2. The number of halogens is 1. The third kappa shape index (κ3) is 7.37. The predicted octanol–water partition coefficient (Wildman–Crippen LogP) is 4.48. The van der Waals surface area contributed by atoms with Gasteiger partial charge in [-0.05, 0) is 50.4 Å². The van der Waals surface area contributed by atoms with E-state index in [-0.39, 0.29) is 5.91 Å². The van der Waals surface area contributed by atoms with E-state index in [2.05, 4.69) is 27.1 Å². The van der Waals surface area contributed by atoms with E-state index in [1.807, 2.05) is 43.3 Å². The quantitative estimate of drug-likeness (QED) is 0.257. The van der Waals surface area contributed by atoms with Crippen molar-refractivity contribution in [3.05, 3.63) is 46.6 Å². The molecule has 168 valence electrons. The fourth-order valence-corrected chi connectivity index (χ4v) is 4.73. The van der Waals surface area contributed by atoms with Gasteiger partial charge in [-0.15, -0.1) is 0 Å². The predicted molar refractivity (Wildman–Crippen MR) is 129 cm³/mol. The maximum Gasteiger partial charge on any atom is 0.251 e. The van der Waals surface area contributed by atoms with Crippen LogP contribution in [-0.2, 0) is 5.75 Å². The number of carbonyl (C=O) groups is 1. The highest BCUT2D eigenvalue weighted by Gasteiger charge is 2.17. The summed E-state index contributed by atoms with van der Waals surface area (Å²) < 4.78 is 0. The Balaban J connectivity index is 1.48. The van der Waals surface area contributed by atoms with Gasteiger partial charge in [0.2, 0.25) is 0 Å². The van der Waals surface area contributed by atoms with Crippen molar-refractivity contribution in [2.45, 2.75) is 49.6 Å². The lowest BCUT2D eigenvalue weighted by molar-refractivity contribution is 0.0949. The van der Waals surface area contributed by atoms with Gasteiger partial charge in [0, 0.05) is 50.6 Å². The minimum absolute atomic E-state index is 0.0209. The number of hydrogen-bond acceptors (Lipinski definition) is 6. The second kappa shape index (κ2) is 11.7. The Hall–Kier alpha value is -1.83. The molecule has 2 heterocycles. The molecule has 6 nitrogen and oxygen atoms in total. The van der Waals surface area contributed by atoms with Crippen molar-refractivity contribution in [2.75, 3.05) is 38.6 Å². The maximum atomic E-state index is 12.6. The summed E-state index contributed by atoms with van der Waals surface area (Å²) in [6.07, 6.45) is 4.89. The Bertz CT molecular complexity index is 879. The van der Waals surface area contributed by atoms with Crippen molar-refractivity contribution in [3.63, 3.8) is 0 Å². The summed E-state index contributed by atoms with van der Waals surface area (Å²) in [5, 5.41) is 4.11. The molecule has 1 unspecified atom stereocenters. The Morgan fingerprint density at radius 3 is 2.90 bits per heavy atom. The summed E-state index contributed by atoms with van der Waals surface area (Å²) in [6, 6.07) is 10.1. The van der Waals surface area contributed by atoms with Crippen LogP contribution in [0.1, 0.15) is 48.5 Å². The molecule has 0 spiro atoms. The van der Waals surface area contributed by atoms with Gasteiger partial charge < -0.3 is 15.1 Å². The topological polar surface area (TPSA) is 61.4 Å². The molecule has 0 aliphatic carbocycles. The standard InChI is InChI=1S/C23H32ClN5OS/c1-17-8-4-5-12-29(17)13-7-11-25-22(30)19-10-6-9-18(14-19)16-31-23-26-20(24)15-21(27-23)28(2)3/h6,9-10,14-15,17H,4-5,7-8,11-13,16H2,1-3H3,(H,25,30). The molecule has 1 saturated heterocycles. The van der Waals surface area contributed by atoms with Crippen LogP contribution in [-0.4, -0.2) is 60.5 Å². The van der Waals surface area contributed by atoms with Crippen LogP contribution < -0.4 is 10.2 Å². The number of rotatable bonds is 9. The van der Waals surface area contributed by atoms with Crippen LogP contribution in [0.15, 0.2) is 35.5 Å². The summed E-state index contributed by atoms with van der Waals surface area (Å²) in [5.74, 6) is 1.42. The summed E-state index contributed by atoms with van der Waals surface area (Å²) in [4.78, 5) is 25.8. The highest BCUT2D eigenvalue weighted by Crippen LogP contribution is 2.24. The summed E-state index contributed by atoms with van der Waals surface area (Å²) in [5.41, 5.74) is 1.74. The summed E-state index contributed by atoms with van der Waals surface area (Å²) >= 11 is 7.62. The minimum Gasteiger partial charge on any atom is -0.363 e. The molecule has 31 heavy (non-hydrogen) atoms. The molecule has 1 aromatic heterocycles. The molecule has 2 aromatic rings. The highest BCUT2D eigenvalue weighted by molar-refractivity contribution is 7.98. The smallest absolute Gasteiger partial charge is 0.251 e. The Morgan fingerprint density at radius 1 is 1.29 bits per heavy atom. The van der Waals surface area contributed by atoms with Crippen LogP contribution >= 0.6 is 23.4 Å². The Morgan fingerprint density at radius 2 is 2.13 bits per heavy atom. The molecule has 1 N–H and O–H groups in total. The lowest BCUT2D eigenvalue weighted by Gasteiger charge is -2.33. The molecule has 8 heteroatoms. The van der Waals surface area contributed by atoms with Crippen LogP contribution in [0.5, 0.6) is 0 Å². The number of thioether (sulfide) groups is 1. The van der Waals surface area contributed by atoms with Gasteiger partial charge in [-0.3, -0.25) is 4.79 Å². The zero-order valence-corrected chi connectivity index (χ0v) is 20.2. The van der Waals surface area contributed by atoms with E-state index in [0.717, 1.165) is 24.3 Å². The molecule has 0 saturated carbocycles. The number of piperidine rings is 1. The zero-order chi connectivity index (χ0) is 22.2. The Labute approximate surface area is 194 Å². The molecule has 1 aliphatic heterocycles. The van der Waals surface area contributed by atoms with E-state index >= 15 is 0 Å². The molecular weight excluding hydrogens is 430 g/mol. The second-order valence-corrected chi connectivity index (χ2v) is 9.53. The minimum atomic E-state index is -0.0209. The van der Waals surface area contributed by atoms with Gasteiger partial charge >= 0.3 is 0 Å². The van der Waals surface area contributed by atoms with E-state index in [0.29, 0.717) is 34.2 Å². The molecule has 1 fully saturated rings. The molecule has 3 rings (SSSR count). The number of nitrogens with zero attached hydrogens (tertiary/aromatic N) is 4. The molecular formula is C23H32ClN5OS. The molecule has 1 aliphatic rings. The first-order chi connectivity index (χ1) is 14.9. The normalized spacial score (nSPS) is 16.8. The summed E-state index contributed by atoms with van der Waals surface area (Å²) in [6.45, 7) is 5.23. The van der Waals surface area contributed by atoms with Crippen molar-refractivity contribution in [1.29, 1.82) is 0 Å². The van der Waals surface area contributed by atoms with Crippen LogP contribution in [0.2, 0.25) is 5.15 Å². The number of carbonyl (C=O) groups excluding carboxylic acids is 1. The molecule has 1 aromatic carbocycles. The number of aromatic nitrogens is 2. The Kier molecular flexibility index (Phi) is 8.99. The van der Waals surface area contributed by atoms with Gasteiger partial charge in [0.05, 0.1) is 0 Å². The monoisotopic (exact) mass is 461 g/mol. The third-order valence-electron chi connectivity index (χ3n) is 5.52. The van der Waals surface area contributed by atoms with Gasteiger partial charge in [-0.1, -0.05) is 41.9 Å². The maximum absolute atomic E-state index is 12.6. The SMILES string of the molecule is CC1CCCCN1CCCNC(=O)c1cccc(CSc2nc(Cl)cc(N(C)C)n2)c1. The number of benzene rings is 1. The fraction of sp³-hybridized carbons (Fsp3) is 0.522. The number of anilines is 1. The van der Waals surface area contributed by atoms with E-state index in [9.17, 15) is 4.79 Å². The number of amides is 1. The lowest BCUT2D eigenvalue weighted by Crippen LogP contribution is -2.39. The molecule has 0 bridgehead atoms. The molecule has 1 amide bonds. The van der Waals surface area contributed by atoms with E-state index in [1.165, 1.54) is 37.6 Å². The number of nitrogens with one attached hydrogen (secondary N) is 1. The first-order valence-electron chi connectivity index (χ1n) is 10.9. The lowest BCUT2D eigenvalue weighted by atomic mass is 10.0. The van der Waals surface area contributed by atoms with Gasteiger partial charge in [-0.25, -0.2) is 9.97 Å². The number of hydrogen-bond donors (Lipinski definition) is 1. The fourth-order valence-electron chi connectivity index (χ4n) is 3.71. The van der Waals surface area contributed by atoms with Crippen molar-refractivity contribution in [3.8, 4) is 0 Å². The number of likely N-dealkylation sites (tertiary alicyclic amines) is 1. The van der Waals surface area contributed by atoms with Crippen LogP contribution in [0.3, 0.4) is 0 Å². The van der Waals surface area contributed by atoms with Crippen LogP contribution in [0.25, 0.3) is 0 Å². The van der Waals surface area contributed by atoms with Crippen molar-refractivity contribution in [1.82, 2.24) is 20.2 Å². The van der Waals surface area contributed by atoms with Gasteiger partial charge in [0.1, 0.15) is 11.0 Å². The molecule has 0 radical (unpaired) electrons. The van der Waals surface area contributed by atoms with Crippen LogP contribution in [0.4, 0.5) is 5.82 Å². The summed E-state index contributed by atoms with van der Waals surface area (Å²) in [7, 11) is 3.84. The zero-order valence-electron chi connectivity index (χ0n) is 18.6. The van der Waals surface area contributed by atoms with Gasteiger partial charge in [0.15, 0.2) is 5.16 Å². The second-order valence-electron chi connectivity index (χ2n) is 8.21. The van der Waals surface area contributed by atoms with Crippen molar-refractivity contribution in [2.24, 2.45) is 0 Å². The largest absolute Gasteiger partial charge is 0.363 e. The average Bonchev–Trinajstić information content (AvgIpc) is 2.76. The van der Waals surface area contributed by atoms with Crippen molar-refractivity contribution < 1.29 is 4.79 Å². The van der Waals surface area contributed by atoms with E-state index in [1.54, 1.807) is 6.07 Å². The third-order valence-corrected chi connectivity index (χ3v) is 6.64. The highest BCUT2D eigenvalue weighted by atomic mass is 35.5. The van der Waals surface area contributed by atoms with Crippen molar-refractivity contribution >= 4 is 35.1 Å². The van der Waals surface area contributed by atoms with Gasteiger partial charge in [-0.2, -0.15) is 0 Å². The average molecular weight is 462 g/mol. The van der Waals surface area contributed by atoms with E-state index < -0.39 is 0 Å². The first kappa shape index (κ1) is 23.8. The van der Waals surface area contributed by atoms with Crippen LogP contribution in [0, 0.1) is 0 Å². The molecule has 1 atom stereocenters. The van der Waals surface area contributed by atoms with Gasteiger partial charge in [0.25, 0.3) is 5.91 Å².